The third kappa shape index (κ3) is 2.77. The second-order valence-corrected chi connectivity index (χ2v) is 4.91. The minimum atomic E-state index is -0.257. The van der Waals surface area contributed by atoms with E-state index < -0.39 is 0 Å². The highest BCUT2D eigenvalue weighted by Crippen LogP contribution is 2.23. The van der Waals surface area contributed by atoms with Crippen molar-refractivity contribution in [2.24, 2.45) is 0 Å². The molecule has 0 fully saturated rings. The van der Waals surface area contributed by atoms with Gasteiger partial charge < -0.3 is 5.32 Å². The fourth-order valence-electron chi connectivity index (χ4n) is 1.57. The lowest BCUT2D eigenvalue weighted by molar-refractivity contribution is 0.628. The average Bonchev–Trinajstić information content (AvgIpc) is 2.36. The van der Waals surface area contributed by atoms with E-state index in [-0.39, 0.29) is 5.82 Å². The van der Waals surface area contributed by atoms with Crippen molar-refractivity contribution in [2.45, 2.75) is 13.8 Å². The van der Waals surface area contributed by atoms with Crippen molar-refractivity contribution in [1.29, 1.82) is 0 Å². The van der Waals surface area contributed by atoms with Crippen LogP contribution in [0.25, 0.3) is 11.4 Å². The van der Waals surface area contributed by atoms with Gasteiger partial charge in [-0.05, 0) is 60.7 Å². The molecule has 0 aliphatic carbocycles. The van der Waals surface area contributed by atoms with E-state index in [4.69, 9.17) is 0 Å². The van der Waals surface area contributed by atoms with Crippen molar-refractivity contribution >= 4 is 28.4 Å². The van der Waals surface area contributed by atoms with Gasteiger partial charge >= 0.3 is 0 Å². The highest BCUT2D eigenvalue weighted by molar-refractivity contribution is 14.1. The number of hydrogen-bond acceptors (Lipinski definition) is 3. The summed E-state index contributed by atoms with van der Waals surface area (Å²) in [7, 11) is 0. The maximum atomic E-state index is 12.9. The van der Waals surface area contributed by atoms with Gasteiger partial charge in [-0.3, -0.25) is 0 Å². The molecule has 1 heterocycles. The van der Waals surface area contributed by atoms with Crippen LogP contribution in [0.3, 0.4) is 0 Å². The second kappa shape index (κ2) is 5.60. The summed E-state index contributed by atoms with van der Waals surface area (Å²) in [6.45, 7) is 4.76. The average molecular weight is 357 g/mol. The van der Waals surface area contributed by atoms with Crippen LogP contribution in [0.5, 0.6) is 0 Å². The molecule has 0 saturated carbocycles. The van der Waals surface area contributed by atoms with Crippen molar-refractivity contribution in [3.05, 3.63) is 39.3 Å². The van der Waals surface area contributed by atoms with Gasteiger partial charge in [0, 0.05) is 12.1 Å². The third-order valence-corrected chi connectivity index (χ3v) is 3.76. The molecule has 0 aliphatic rings. The summed E-state index contributed by atoms with van der Waals surface area (Å²) in [5.74, 6) is 1.18. The Morgan fingerprint density at radius 2 is 1.89 bits per heavy atom. The van der Waals surface area contributed by atoms with E-state index in [1.165, 1.54) is 12.1 Å². The minimum Gasteiger partial charge on any atom is -0.369 e. The summed E-state index contributed by atoms with van der Waals surface area (Å²) in [5, 5.41) is 3.21. The lowest BCUT2D eigenvalue weighted by atomic mass is 10.2. The van der Waals surface area contributed by atoms with E-state index in [0.29, 0.717) is 5.82 Å². The molecule has 0 amide bonds. The smallest absolute Gasteiger partial charge is 0.161 e. The predicted molar refractivity (Wildman–Crippen MR) is 79.0 cm³/mol. The largest absolute Gasteiger partial charge is 0.369 e. The van der Waals surface area contributed by atoms with Crippen LogP contribution in [0.15, 0.2) is 24.3 Å². The van der Waals surface area contributed by atoms with Crippen LogP contribution in [-0.2, 0) is 0 Å². The van der Waals surface area contributed by atoms with Gasteiger partial charge in [-0.15, -0.1) is 0 Å². The summed E-state index contributed by atoms with van der Waals surface area (Å²) in [6, 6.07) is 6.21. The van der Waals surface area contributed by atoms with Crippen LogP contribution in [0.1, 0.15) is 12.6 Å². The van der Waals surface area contributed by atoms with E-state index in [2.05, 4.69) is 37.9 Å². The van der Waals surface area contributed by atoms with E-state index in [1.807, 2.05) is 13.8 Å². The molecule has 0 atom stereocenters. The first-order valence-corrected chi connectivity index (χ1v) is 6.73. The Morgan fingerprint density at radius 1 is 1.22 bits per heavy atom. The van der Waals surface area contributed by atoms with Crippen LogP contribution < -0.4 is 5.32 Å². The zero-order valence-electron chi connectivity index (χ0n) is 10.2. The Bertz CT molecular complexity index is 555. The van der Waals surface area contributed by atoms with Gasteiger partial charge in [-0.1, -0.05) is 0 Å². The summed E-state index contributed by atoms with van der Waals surface area (Å²) < 4.78 is 13.9. The Kier molecular flexibility index (Phi) is 4.11. The lowest BCUT2D eigenvalue weighted by Gasteiger charge is -2.10. The maximum Gasteiger partial charge on any atom is 0.161 e. The number of benzene rings is 1. The van der Waals surface area contributed by atoms with E-state index in [9.17, 15) is 4.39 Å². The summed E-state index contributed by atoms with van der Waals surface area (Å²) in [6.07, 6.45) is 0. The summed E-state index contributed by atoms with van der Waals surface area (Å²) in [4.78, 5) is 8.91. The van der Waals surface area contributed by atoms with Gasteiger partial charge in [0.05, 0.1) is 9.26 Å². The third-order valence-electron chi connectivity index (χ3n) is 2.46. The predicted octanol–water partition coefficient (Wildman–Crippen LogP) is 3.63. The first kappa shape index (κ1) is 13.2. The molecule has 1 aromatic carbocycles. The fourth-order valence-corrected chi connectivity index (χ4v) is 2.00. The van der Waals surface area contributed by atoms with Crippen LogP contribution in [0.4, 0.5) is 10.2 Å². The molecule has 3 nitrogen and oxygen atoms in total. The highest BCUT2D eigenvalue weighted by Gasteiger charge is 2.10. The van der Waals surface area contributed by atoms with Crippen LogP contribution in [-0.4, -0.2) is 16.5 Å². The van der Waals surface area contributed by atoms with Gasteiger partial charge in [0.15, 0.2) is 5.82 Å². The molecule has 1 aromatic heterocycles. The number of aromatic nitrogens is 2. The monoisotopic (exact) mass is 357 g/mol. The van der Waals surface area contributed by atoms with Gasteiger partial charge in [-0.2, -0.15) is 0 Å². The van der Waals surface area contributed by atoms with Crippen molar-refractivity contribution in [3.8, 4) is 11.4 Å². The zero-order valence-corrected chi connectivity index (χ0v) is 12.3. The van der Waals surface area contributed by atoms with Gasteiger partial charge in [0.25, 0.3) is 0 Å². The summed E-state index contributed by atoms with van der Waals surface area (Å²) >= 11 is 2.22. The Morgan fingerprint density at radius 3 is 2.50 bits per heavy atom. The highest BCUT2D eigenvalue weighted by atomic mass is 127. The number of rotatable bonds is 3. The standard InChI is InChI=1S/C13H13FIN3/c1-3-16-13-11(15)8(2)17-12(18-13)9-4-6-10(14)7-5-9/h4-7H,3H2,1-2H3,(H,16,17,18). The number of hydrogen-bond donors (Lipinski definition) is 1. The molecule has 0 aliphatic heterocycles. The molecular formula is C13H13FIN3. The number of nitrogens with one attached hydrogen (secondary N) is 1. The molecule has 18 heavy (non-hydrogen) atoms. The van der Waals surface area contributed by atoms with Crippen LogP contribution in [0.2, 0.25) is 0 Å². The molecule has 0 unspecified atom stereocenters. The molecule has 2 aromatic rings. The van der Waals surface area contributed by atoms with Crippen molar-refractivity contribution < 1.29 is 4.39 Å². The normalized spacial score (nSPS) is 10.4. The first-order chi connectivity index (χ1) is 8.61. The minimum absolute atomic E-state index is 0.257. The topological polar surface area (TPSA) is 37.8 Å². The van der Waals surface area contributed by atoms with Crippen molar-refractivity contribution in [3.63, 3.8) is 0 Å². The molecule has 1 N–H and O–H groups in total. The Labute approximate surface area is 119 Å². The first-order valence-electron chi connectivity index (χ1n) is 5.65. The molecule has 94 valence electrons. The fraction of sp³-hybridized carbons (Fsp3) is 0.231. The number of halogens is 2. The van der Waals surface area contributed by atoms with Crippen molar-refractivity contribution in [2.75, 3.05) is 11.9 Å². The Hall–Kier alpha value is -1.24. The SMILES string of the molecule is CCNc1nc(-c2ccc(F)cc2)nc(C)c1I. The van der Waals surface area contributed by atoms with Gasteiger partial charge in [0.1, 0.15) is 11.6 Å². The molecule has 0 radical (unpaired) electrons. The quantitative estimate of drug-likeness (QED) is 0.853. The van der Waals surface area contributed by atoms with Crippen LogP contribution in [0, 0.1) is 16.3 Å². The van der Waals surface area contributed by atoms with Gasteiger partial charge in [-0.25, -0.2) is 14.4 Å². The summed E-state index contributed by atoms with van der Waals surface area (Å²) in [5.41, 5.74) is 1.73. The van der Waals surface area contributed by atoms with E-state index in [1.54, 1.807) is 12.1 Å². The van der Waals surface area contributed by atoms with E-state index in [0.717, 1.165) is 27.2 Å². The molecule has 0 spiro atoms. The lowest BCUT2D eigenvalue weighted by Crippen LogP contribution is -2.06. The maximum absolute atomic E-state index is 12.9. The van der Waals surface area contributed by atoms with Crippen LogP contribution >= 0.6 is 22.6 Å². The molecule has 0 bridgehead atoms. The molecule has 0 saturated heterocycles. The zero-order chi connectivity index (χ0) is 13.1. The van der Waals surface area contributed by atoms with Crippen molar-refractivity contribution in [1.82, 2.24) is 9.97 Å². The number of nitrogens with zero attached hydrogens (tertiary/aromatic N) is 2. The Balaban J connectivity index is 2.48. The number of anilines is 1. The second-order valence-electron chi connectivity index (χ2n) is 3.83. The van der Waals surface area contributed by atoms with Gasteiger partial charge in [0.2, 0.25) is 0 Å². The molecule has 5 heteroatoms. The molecular weight excluding hydrogens is 344 g/mol. The van der Waals surface area contributed by atoms with E-state index >= 15 is 0 Å². The number of aryl methyl sites for hydroxylation is 1. The molecule has 2 rings (SSSR count).